The summed E-state index contributed by atoms with van der Waals surface area (Å²) in [5.74, 6) is 0.233. The molecule has 0 fully saturated rings. The molecular formula is C21H18ClFN4O. The lowest BCUT2D eigenvalue weighted by Gasteiger charge is -2.12. The van der Waals surface area contributed by atoms with Crippen LogP contribution in [-0.4, -0.2) is 35.2 Å². The summed E-state index contributed by atoms with van der Waals surface area (Å²) in [5.41, 5.74) is 3.96. The van der Waals surface area contributed by atoms with E-state index in [1.165, 1.54) is 12.1 Å². The van der Waals surface area contributed by atoms with Gasteiger partial charge in [-0.3, -0.25) is 9.97 Å². The van der Waals surface area contributed by atoms with Crippen molar-refractivity contribution in [2.45, 2.75) is 0 Å². The summed E-state index contributed by atoms with van der Waals surface area (Å²) in [6, 6.07) is 10.1. The standard InChI is InChI=1S/C21H18ClFN4O/c1-24-9-10-28-18-12-25-8-6-14(18)20-19(15-11-13(22)4-5-16(15)23)21-17(27-20)3-2-7-26-21/h2-8,11-12,24,27H,9-10H2,1H3. The molecule has 0 saturated heterocycles. The Hall–Kier alpha value is -2.96. The van der Waals surface area contributed by atoms with Crippen molar-refractivity contribution >= 4 is 22.6 Å². The third-order valence-corrected chi connectivity index (χ3v) is 4.65. The van der Waals surface area contributed by atoms with Crippen molar-refractivity contribution in [3.8, 4) is 28.1 Å². The van der Waals surface area contributed by atoms with Crippen molar-refractivity contribution in [1.29, 1.82) is 0 Å². The molecule has 4 rings (SSSR count). The van der Waals surface area contributed by atoms with Crippen LogP contribution in [0, 0.1) is 5.82 Å². The monoisotopic (exact) mass is 396 g/mol. The van der Waals surface area contributed by atoms with Crippen molar-refractivity contribution in [3.63, 3.8) is 0 Å². The van der Waals surface area contributed by atoms with Crippen LogP contribution in [0.25, 0.3) is 33.4 Å². The minimum atomic E-state index is -0.371. The average Bonchev–Trinajstić information content (AvgIpc) is 3.09. The maximum Gasteiger partial charge on any atom is 0.146 e. The van der Waals surface area contributed by atoms with Gasteiger partial charge in [0, 0.05) is 40.7 Å². The van der Waals surface area contributed by atoms with Crippen molar-refractivity contribution in [2.24, 2.45) is 0 Å². The van der Waals surface area contributed by atoms with Crippen molar-refractivity contribution < 1.29 is 9.13 Å². The summed E-state index contributed by atoms with van der Waals surface area (Å²) in [6.07, 6.45) is 5.02. The average molecular weight is 397 g/mol. The number of rotatable bonds is 6. The van der Waals surface area contributed by atoms with Crippen molar-refractivity contribution in [2.75, 3.05) is 20.2 Å². The highest BCUT2D eigenvalue weighted by molar-refractivity contribution is 6.31. The maximum atomic E-state index is 14.8. The van der Waals surface area contributed by atoms with Crippen LogP contribution in [0.3, 0.4) is 0 Å². The van der Waals surface area contributed by atoms with E-state index in [0.717, 1.165) is 11.1 Å². The number of H-pyrrole nitrogens is 1. The van der Waals surface area contributed by atoms with Gasteiger partial charge < -0.3 is 15.0 Å². The Morgan fingerprint density at radius 2 is 2.07 bits per heavy atom. The zero-order valence-electron chi connectivity index (χ0n) is 15.2. The third kappa shape index (κ3) is 3.44. The largest absolute Gasteiger partial charge is 0.490 e. The van der Waals surface area contributed by atoms with E-state index < -0.39 is 0 Å². The Bertz CT molecular complexity index is 1130. The smallest absolute Gasteiger partial charge is 0.146 e. The fraction of sp³-hybridized carbons (Fsp3) is 0.143. The van der Waals surface area contributed by atoms with Crippen LogP contribution in [0.2, 0.25) is 5.02 Å². The first kappa shape index (κ1) is 18.4. The lowest BCUT2D eigenvalue weighted by molar-refractivity contribution is 0.318. The first-order chi connectivity index (χ1) is 13.7. The molecule has 1 aromatic carbocycles. The molecule has 0 radical (unpaired) electrons. The predicted molar refractivity (Wildman–Crippen MR) is 109 cm³/mol. The number of aromatic amines is 1. The number of nitrogens with one attached hydrogen (secondary N) is 2. The van der Waals surface area contributed by atoms with E-state index in [0.29, 0.717) is 46.3 Å². The Balaban J connectivity index is 1.95. The predicted octanol–water partition coefficient (Wildman–Crippen LogP) is 4.68. The molecule has 3 heterocycles. The van der Waals surface area contributed by atoms with E-state index in [2.05, 4.69) is 20.3 Å². The van der Waals surface area contributed by atoms with E-state index in [1.54, 1.807) is 24.7 Å². The van der Waals surface area contributed by atoms with E-state index >= 15 is 0 Å². The van der Waals surface area contributed by atoms with Gasteiger partial charge >= 0.3 is 0 Å². The molecule has 7 heteroatoms. The molecule has 0 bridgehead atoms. The van der Waals surface area contributed by atoms with Crippen molar-refractivity contribution in [3.05, 3.63) is 65.8 Å². The maximum absolute atomic E-state index is 14.8. The Morgan fingerprint density at radius 3 is 2.93 bits per heavy atom. The third-order valence-electron chi connectivity index (χ3n) is 4.42. The van der Waals surface area contributed by atoms with Crippen LogP contribution in [0.15, 0.2) is 55.0 Å². The van der Waals surface area contributed by atoms with Gasteiger partial charge in [-0.1, -0.05) is 11.6 Å². The molecule has 0 atom stereocenters. The number of ether oxygens (including phenoxy) is 1. The zero-order chi connectivity index (χ0) is 19.5. The molecular weight excluding hydrogens is 379 g/mol. The summed E-state index contributed by atoms with van der Waals surface area (Å²) in [5, 5.41) is 3.49. The second-order valence-electron chi connectivity index (χ2n) is 6.22. The highest BCUT2D eigenvalue weighted by Crippen LogP contribution is 2.41. The van der Waals surface area contributed by atoms with Gasteiger partial charge in [-0.15, -0.1) is 0 Å². The lowest BCUT2D eigenvalue weighted by Crippen LogP contribution is -2.16. The van der Waals surface area contributed by atoms with Gasteiger partial charge in [0.15, 0.2) is 0 Å². The first-order valence-electron chi connectivity index (χ1n) is 8.83. The Kier molecular flexibility index (Phi) is 5.23. The fourth-order valence-electron chi connectivity index (χ4n) is 3.14. The molecule has 0 aliphatic heterocycles. The normalized spacial score (nSPS) is 11.1. The number of pyridine rings is 2. The lowest BCUT2D eigenvalue weighted by atomic mass is 10.00. The summed E-state index contributed by atoms with van der Waals surface area (Å²) >= 11 is 6.16. The summed E-state index contributed by atoms with van der Waals surface area (Å²) in [4.78, 5) is 12.0. The molecule has 0 amide bonds. The van der Waals surface area contributed by atoms with Gasteiger partial charge in [0.05, 0.1) is 22.9 Å². The van der Waals surface area contributed by atoms with E-state index in [4.69, 9.17) is 16.3 Å². The van der Waals surface area contributed by atoms with Gasteiger partial charge in [0.1, 0.15) is 18.2 Å². The minimum Gasteiger partial charge on any atom is -0.490 e. The van der Waals surface area contributed by atoms with Crippen LogP contribution >= 0.6 is 11.6 Å². The number of likely N-dealkylation sites (N-methyl/N-ethyl adjacent to an activating group) is 1. The molecule has 28 heavy (non-hydrogen) atoms. The Morgan fingerprint density at radius 1 is 1.18 bits per heavy atom. The van der Waals surface area contributed by atoms with E-state index in [1.807, 2.05) is 25.2 Å². The molecule has 2 N–H and O–H groups in total. The minimum absolute atomic E-state index is 0.371. The first-order valence-corrected chi connectivity index (χ1v) is 9.20. The molecule has 3 aromatic heterocycles. The molecule has 0 aliphatic rings. The number of benzene rings is 1. The second-order valence-corrected chi connectivity index (χ2v) is 6.66. The number of hydrogen-bond acceptors (Lipinski definition) is 4. The molecule has 0 spiro atoms. The van der Waals surface area contributed by atoms with E-state index in [-0.39, 0.29) is 5.82 Å². The number of halogens is 2. The van der Waals surface area contributed by atoms with Gasteiger partial charge in [0.2, 0.25) is 0 Å². The van der Waals surface area contributed by atoms with Gasteiger partial charge in [-0.25, -0.2) is 4.39 Å². The molecule has 0 saturated carbocycles. The van der Waals surface area contributed by atoms with Crippen LogP contribution in [0.4, 0.5) is 4.39 Å². The van der Waals surface area contributed by atoms with Crippen LogP contribution in [0.5, 0.6) is 5.75 Å². The molecule has 0 unspecified atom stereocenters. The summed E-state index contributed by atoms with van der Waals surface area (Å²) < 4.78 is 20.6. The molecule has 4 aromatic rings. The van der Waals surface area contributed by atoms with Crippen LogP contribution in [0.1, 0.15) is 0 Å². The SMILES string of the molecule is CNCCOc1cnccc1-c1[nH]c2cccnc2c1-c1cc(Cl)ccc1F. The van der Waals surface area contributed by atoms with Crippen LogP contribution in [-0.2, 0) is 0 Å². The second kappa shape index (κ2) is 7.96. The van der Waals surface area contributed by atoms with Gasteiger partial charge in [-0.05, 0) is 43.4 Å². The Labute approximate surface area is 166 Å². The number of nitrogens with zero attached hydrogens (tertiary/aromatic N) is 2. The van der Waals surface area contributed by atoms with Crippen LogP contribution < -0.4 is 10.1 Å². The topological polar surface area (TPSA) is 62.8 Å². The summed E-state index contributed by atoms with van der Waals surface area (Å²) in [6.45, 7) is 1.17. The fourth-order valence-corrected chi connectivity index (χ4v) is 3.31. The number of hydrogen-bond donors (Lipinski definition) is 2. The van der Waals surface area contributed by atoms with Crippen molar-refractivity contribution in [1.82, 2.24) is 20.3 Å². The number of aromatic nitrogens is 3. The summed E-state index contributed by atoms with van der Waals surface area (Å²) in [7, 11) is 1.86. The number of fused-ring (bicyclic) bond motifs is 1. The molecule has 0 aliphatic carbocycles. The van der Waals surface area contributed by atoms with E-state index in [9.17, 15) is 4.39 Å². The highest BCUT2D eigenvalue weighted by atomic mass is 35.5. The van der Waals surface area contributed by atoms with Gasteiger partial charge in [-0.2, -0.15) is 0 Å². The molecule has 142 valence electrons. The zero-order valence-corrected chi connectivity index (χ0v) is 15.9. The molecule has 5 nitrogen and oxygen atoms in total. The van der Waals surface area contributed by atoms with Gasteiger partial charge in [0.25, 0.3) is 0 Å². The quantitative estimate of drug-likeness (QED) is 0.464. The highest BCUT2D eigenvalue weighted by Gasteiger charge is 2.21.